The summed E-state index contributed by atoms with van der Waals surface area (Å²) >= 11 is 0. The highest BCUT2D eigenvalue weighted by molar-refractivity contribution is 5.45. The second kappa shape index (κ2) is 4.74. The Hall–Kier alpha value is -1.02. The Morgan fingerprint density at radius 2 is 2.29 bits per heavy atom. The molecule has 0 aromatic heterocycles. The molecular weight excluding hydrogens is 258 g/mol. The molecular formula is C19H27NO. The Labute approximate surface area is 149 Å². The van der Waals surface area contributed by atoms with E-state index in [-0.39, 0.29) is 10.6 Å². The minimum atomic E-state index is -3.72. The van der Waals surface area contributed by atoms with E-state index in [9.17, 15) is 2.74 Å². The van der Waals surface area contributed by atoms with Gasteiger partial charge < -0.3 is 9.64 Å². The van der Waals surface area contributed by atoms with Gasteiger partial charge in [-0.3, -0.25) is 0 Å². The number of hydrogen-bond acceptors (Lipinski definition) is 2. The van der Waals surface area contributed by atoms with Crippen LogP contribution in [0.3, 0.4) is 0 Å². The summed E-state index contributed by atoms with van der Waals surface area (Å²) in [6.45, 7) is -2.70. The van der Waals surface area contributed by atoms with Gasteiger partial charge in [0.15, 0.2) is 0 Å². The number of likely N-dealkylation sites (tertiary alicyclic amines) is 1. The first-order chi connectivity index (χ1) is 15.8. The van der Waals surface area contributed by atoms with Gasteiger partial charge in [0.1, 0.15) is 5.75 Å². The van der Waals surface area contributed by atoms with Gasteiger partial charge in [0.2, 0.25) is 0 Å². The van der Waals surface area contributed by atoms with Gasteiger partial charge in [0.25, 0.3) is 0 Å². The van der Waals surface area contributed by atoms with Crippen LogP contribution in [-0.4, -0.2) is 31.6 Å². The Kier molecular flexibility index (Phi) is 1.13. The van der Waals surface area contributed by atoms with E-state index in [2.05, 4.69) is 0 Å². The fourth-order valence-electron chi connectivity index (χ4n) is 2.90. The van der Waals surface area contributed by atoms with Crippen molar-refractivity contribution < 1.29 is 25.3 Å². The van der Waals surface area contributed by atoms with Gasteiger partial charge in [-0.15, -0.1) is 0 Å². The van der Waals surface area contributed by atoms with Crippen molar-refractivity contribution in [2.75, 3.05) is 20.7 Å². The molecule has 114 valence electrons. The molecule has 4 atom stereocenters. The molecule has 1 saturated carbocycles. The predicted octanol–water partition coefficient (Wildman–Crippen LogP) is 3.63. The fraction of sp³-hybridized carbons (Fsp3) is 0.684. The highest BCUT2D eigenvalue weighted by Gasteiger charge is 2.54. The molecule has 2 fully saturated rings. The summed E-state index contributed by atoms with van der Waals surface area (Å²) in [5.41, 5.74) is -4.70. The lowest BCUT2D eigenvalue weighted by molar-refractivity contribution is -0.0112. The zero-order chi connectivity index (χ0) is 28.1. The van der Waals surface area contributed by atoms with Crippen molar-refractivity contribution in [1.29, 1.82) is 0 Å². The Balaban J connectivity index is 2.47. The van der Waals surface area contributed by atoms with Crippen LogP contribution in [0.1, 0.15) is 64.1 Å². The van der Waals surface area contributed by atoms with Crippen molar-refractivity contribution in [3.05, 3.63) is 29.3 Å². The molecule has 2 nitrogen and oxygen atoms in total. The van der Waals surface area contributed by atoms with Crippen LogP contribution >= 0.6 is 0 Å². The van der Waals surface area contributed by atoms with Crippen LogP contribution in [0.25, 0.3) is 0 Å². The van der Waals surface area contributed by atoms with Crippen LogP contribution in [0.15, 0.2) is 18.2 Å². The molecule has 0 spiro atoms. The average molecular weight is 301 g/mol. The number of likely N-dealkylation sites (N-methyl/N-ethyl adjacent to an activating group) is 1. The number of piperidine rings is 1. The molecule has 1 saturated heterocycles. The molecule has 4 rings (SSSR count). The molecule has 1 aromatic rings. The van der Waals surface area contributed by atoms with E-state index >= 15 is 0 Å². The first kappa shape index (κ1) is 4.99. The summed E-state index contributed by atoms with van der Waals surface area (Å²) in [4.78, 5) is 0.267. The second-order valence-electron chi connectivity index (χ2n) is 5.31. The van der Waals surface area contributed by atoms with Crippen LogP contribution in [0.5, 0.6) is 5.75 Å². The molecule has 3 aliphatic rings. The zero-order valence-electron chi connectivity index (χ0n) is 27.1. The molecule has 1 unspecified atom stereocenters. The van der Waals surface area contributed by atoms with Crippen molar-refractivity contribution >= 4 is 0 Å². The van der Waals surface area contributed by atoms with Crippen molar-refractivity contribution in [3.8, 4) is 5.75 Å². The molecule has 0 radical (unpaired) electrons. The number of rotatable bonds is 1. The summed E-state index contributed by atoms with van der Waals surface area (Å²) in [5, 5.41) is 0. The summed E-state index contributed by atoms with van der Waals surface area (Å²) < 4.78 is 140. The lowest BCUT2D eigenvalue weighted by Crippen LogP contribution is -2.60. The molecule has 1 heterocycles. The van der Waals surface area contributed by atoms with E-state index < -0.39 is 72.7 Å². The van der Waals surface area contributed by atoms with Gasteiger partial charge in [-0.25, -0.2) is 0 Å². The molecule has 0 N–H and O–H groups in total. The zero-order valence-corrected chi connectivity index (χ0v) is 12.1. The van der Waals surface area contributed by atoms with Gasteiger partial charge in [-0.1, -0.05) is 13.0 Å². The third kappa shape index (κ3) is 1.88. The standard InChI is InChI=1S/C19H27NO/c1-13-6-7-19-8-9-20(2)18(17(19)10-13)11-14-4-5-15(21-3)12-16(14)19/h4-5,12-13,17-18H,6-11H2,1-3H3/t13?,17-,18+,19-/m1/s1/i6D2,7D2,8D2,9D2,10D2,11D2,13D,17D,18D. The summed E-state index contributed by atoms with van der Waals surface area (Å²) in [6.07, 6.45) is -17.6. The van der Waals surface area contributed by atoms with E-state index in [0.29, 0.717) is 6.92 Å². The average Bonchev–Trinajstić information content (AvgIpc) is 2.74. The maximum Gasteiger partial charge on any atom is 0.119 e. The number of methoxy groups -OCH3 is 1. The maximum absolute atomic E-state index is 9.63. The van der Waals surface area contributed by atoms with Gasteiger partial charge in [0, 0.05) is 32.0 Å². The van der Waals surface area contributed by atoms with E-state index in [0.717, 1.165) is 19.2 Å². The van der Waals surface area contributed by atoms with Crippen molar-refractivity contribution in [3.63, 3.8) is 0 Å². The third-order valence-electron chi connectivity index (χ3n) is 3.99. The highest BCUT2D eigenvalue weighted by atomic mass is 16.5. The largest absolute Gasteiger partial charge is 0.497 e. The smallest absolute Gasteiger partial charge is 0.119 e. The summed E-state index contributed by atoms with van der Waals surface area (Å²) in [7, 11) is 2.03. The Morgan fingerprint density at radius 3 is 3.10 bits per heavy atom. The SMILES string of the molecule is [2H]C1([2H])N(C)[C@@]2([2H])C([2H])([2H])c3ccc(OC)cc3[C@]3(C1([2H])[2H])C([2H])([2H])C([2H])([2H])C([2H])(C)C([2H])([2H])[C@@]32[2H]. The Morgan fingerprint density at radius 1 is 1.43 bits per heavy atom. The molecule has 0 amide bonds. The first-order valence-electron chi connectivity index (χ1n) is 14.2. The maximum atomic E-state index is 9.63. The number of fused-ring (bicyclic) bond motifs is 1. The van der Waals surface area contributed by atoms with Crippen molar-refractivity contribution in [2.24, 2.45) is 11.8 Å². The second-order valence-corrected chi connectivity index (χ2v) is 5.31. The van der Waals surface area contributed by atoms with Gasteiger partial charge in [0.05, 0.1) is 7.11 Å². The molecule has 2 aliphatic carbocycles. The minimum absolute atomic E-state index is 0.0785. The number of nitrogens with zero attached hydrogens (tertiary/aromatic N) is 1. The molecule has 1 aliphatic heterocycles. The van der Waals surface area contributed by atoms with Crippen LogP contribution in [0.2, 0.25) is 0 Å². The molecule has 1 aromatic carbocycles. The van der Waals surface area contributed by atoms with Crippen LogP contribution in [0.4, 0.5) is 0 Å². The quantitative estimate of drug-likeness (QED) is 0.785. The fourth-order valence-corrected chi connectivity index (χ4v) is 2.90. The van der Waals surface area contributed by atoms with E-state index in [4.69, 9.17) is 22.6 Å². The van der Waals surface area contributed by atoms with Crippen molar-refractivity contribution in [1.82, 2.24) is 4.90 Å². The minimum Gasteiger partial charge on any atom is -0.497 e. The van der Waals surface area contributed by atoms with E-state index in [1.165, 1.54) is 13.2 Å². The van der Waals surface area contributed by atoms with Crippen LogP contribution < -0.4 is 4.74 Å². The Bertz CT molecular complexity index is 1150. The summed E-state index contributed by atoms with van der Waals surface area (Å²) in [5.74, 6) is -6.84. The van der Waals surface area contributed by atoms with Gasteiger partial charge in [-0.2, -0.15) is 0 Å². The van der Waals surface area contributed by atoms with E-state index in [1.54, 1.807) is 0 Å². The first-order valence-corrected chi connectivity index (χ1v) is 6.74. The van der Waals surface area contributed by atoms with Crippen molar-refractivity contribution in [2.45, 2.75) is 50.2 Å². The van der Waals surface area contributed by atoms with Crippen LogP contribution in [-0.2, 0) is 11.8 Å². The van der Waals surface area contributed by atoms with E-state index in [1.807, 2.05) is 0 Å². The normalized spacial score (nSPS) is 74.0. The summed E-state index contributed by atoms with van der Waals surface area (Å²) in [6, 6.07) is -0.0820. The van der Waals surface area contributed by atoms with Gasteiger partial charge in [-0.05, 0) is 80.5 Å². The third-order valence-corrected chi connectivity index (χ3v) is 3.99. The van der Waals surface area contributed by atoms with Crippen LogP contribution in [0, 0.1) is 11.8 Å². The van der Waals surface area contributed by atoms with Gasteiger partial charge >= 0.3 is 0 Å². The molecule has 2 bridgehead atoms. The molecule has 2 heteroatoms. The highest BCUT2D eigenvalue weighted by Crippen LogP contribution is 2.56. The topological polar surface area (TPSA) is 12.5 Å². The number of benzene rings is 1. The number of ether oxygens (including phenoxy) is 1. The monoisotopic (exact) mass is 300 g/mol. The molecule has 21 heavy (non-hydrogen) atoms. The number of hydrogen-bond donors (Lipinski definition) is 0. The lowest BCUT2D eigenvalue weighted by Gasteiger charge is -2.59. The predicted molar refractivity (Wildman–Crippen MR) is 85.9 cm³/mol. The lowest BCUT2D eigenvalue weighted by atomic mass is 9.51.